The summed E-state index contributed by atoms with van der Waals surface area (Å²) in [7, 11) is 0. The number of nitrogens with zero attached hydrogens (tertiary/aromatic N) is 1. The number of ether oxygens (including phenoxy) is 1. The molecule has 1 saturated carbocycles. The fourth-order valence-corrected chi connectivity index (χ4v) is 3.76. The Labute approximate surface area is 153 Å². The van der Waals surface area contributed by atoms with Gasteiger partial charge in [0.05, 0.1) is 24.5 Å². The van der Waals surface area contributed by atoms with Crippen molar-refractivity contribution in [2.75, 3.05) is 6.61 Å². The van der Waals surface area contributed by atoms with Crippen molar-refractivity contribution in [3.05, 3.63) is 47.7 Å². The lowest BCUT2D eigenvalue weighted by Crippen LogP contribution is -2.13. The molecular weight excluding hydrogens is 306 g/mol. The van der Waals surface area contributed by atoms with Crippen molar-refractivity contribution < 1.29 is 4.74 Å². The predicted molar refractivity (Wildman–Crippen MR) is 104 cm³/mol. The van der Waals surface area contributed by atoms with E-state index in [0.29, 0.717) is 5.92 Å². The average molecular weight is 340 g/mol. The van der Waals surface area contributed by atoms with Crippen LogP contribution in [-0.2, 0) is 4.74 Å². The van der Waals surface area contributed by atoms with Gasteiger partial charge in [-0.15, -0.1) is 0 Å². The molecule has 1 aliphatic rings. The van der Waals surface area contributed by atoms with Gasteiger partial charge in [-0.1, -0.05) is 31.9 Å². The Kier molecular flexibility index (Phi) is 9.19. The van der Waals surface area contributed by atoms with Crippen LogP contribution in [0.1, 0.15) is 88.2 Å². The highest BCUT2D eigenvalue weighted by molar-refractivity contribution is 5.33. The Morgan fingerprint density at radius 2 is 1.84 bits per heavy atom. The molecule has 0 aliphatic heterocycles. The lowest BCUT2D eigenvalue weighted by molar-refractivity contribution is 0.230. The lowest BCUT2D eigenvalue weighted by atomic mass is 9.77. The Morgan fingerprint density at radius 1 is 1.08 bits per heavy atom. The summed E-state index contributed by atoms with van der Waals surface area (Å²) in [5.74, 6) is 1.59. The maximum absolute atomic E-state index is 8.90. The topological polar surface area (TPSA) is 33.0 Å². The van der Waals surface area contributed by atoms with Gasteiger partial charge in [0.25, 0.3) is 0 Å². The van der Waals surface area contributed by atoms with Crippen LogP contribution in [0.25, 0.3) is 0 Å². The molecule has 0 saturated heterocycles. The maximum Gasteiger partial charge on any atom is 0.0991 e. The van der Waals surface area contributed by atoms with Gasteiger partial charge in [0.2, 0.25) is 0 Å². The normalized spacial score (nSPS) is 20.5. The standard InChI is InChI=1S/C23H33NO/c1-2-3-4-6-17-25-18-7-5-8-20-9-13-22(14-10-20)23-15-11-21(19-24)12-16-23/h6,11-12,15-17,20,22H,2-5,7-10,13-14,18H2,1H3/b17-6+. The van der Waals surface area contributed by atoms with Crippen molar-refractivity contribution in [2.45, 2.75) is 77.0 Å². The molecule has 0 radical (unpaired) electrons. The molecule has 0 aromatic heterocycles. The van der Waals surface area contributed by atoms with E-state index in [1.54, 1.807) is 0 Å². The van der Waals surface area contributed by atoms with Crippen molar-refractivity contribution in [3.63, 3.8) is 0 Å². The largest absolute Gasteiger partial charge is 0.502 e. The van der Waals surface area contributed by atoms with Crippen LogP contribution < -0.4 is 0 Å². The minimum absolute atomic E-state index is 0.695. The molecule has 0 amide bonds. The molecule has 2 heteroatoms. The van der Waals surface area contributed by atoms with Crippen LogP contribution >= 0.6 is 0 Å². The summed E-state index contributed by atoms with van der Waals surface area (Å²) >= 11 is 0. The highest BCUT2D eigenvalue weighted by atomic mass is 16.5. The number of hydrogen-bond donors (Lipinski definition) is 0. The average Bonchev–Trinajstić information content (AvgIpc) is 2.67. The zero-order chi connectivity index (χ0) is 17.7. The van der Waals surface area contributed by atoms with E-state index < -0.39 is 0 Å². The molecule has 1 aromatic rings. The van der Waals surface area contributed by atoms with Crippen LogP contribution in [0.4, 0.5) is 0 Å². The molecule has 0 spiro atoms. The fourth-order valence-electron chi connectivity index (χ4n) is 3.76. The third kappa shape index (κ3) is 7.34. The van der Waals surface area contributed by atoms with Crippen molar-refractivity contribution in [3.8, 4) is 6.07 Å². The number of allylic oxidation sites excluding steroid dienone is 1. The highest BCUT2D eigenvalue weighted by Gasteiger charge is 2.21. The van der Waals surface area contributed by atoms with Crippen molar-refractivity contribution in [2.24, 2.45) is 5.92 Å². The van der Waals surface area contributed by atoms with Crippen LogP contribution in [0.15, 0.2) is 36.6 Å². The summed E-state index contributed by atoms with van der Waals surface area (Å²) < 4.78 is 5.56. The molecule has 0 atom stereocenters. The van der Waals surface area contributed by atoms with Gasteiger partial charge in [0.15, 0.2) is 0 Å². The number of unbranched alkanes of at least 4 members (excludes halogenated alkanes) is 3. The Balaban J connectivity index is 1.55. The monoisotopic (exact) mass is 339 g/mol. The van der Waals surface area contributed by atoms with Crippen LogP contribution in [0, 0.1) is 17.2 Å². The molecule has 1 fully saturated rings. The first-order valence-electron chi connectivity index (χ1n) is 10.1. The van der Waals surface area contributed by atoms with Gasteiger partial charge in [-0.2, -0.15) is 5.26 Å². The van der Waals surface area contributed by atoms with E-state index in [9.17, 15) is 0 Å². The second kappa shape index (κ2) is 11.7. The van der Waals surface area contributed by atoms with E-state index in [4.69, 9.17) is 10.00 Å². The summed E-state index contributed by atoms with van der Waals surface area (Å²) in [5.41, 5.74) is 2.18. The van der Waals surface area contributed by atoms with E-state index in [1.165, 1.54) is 63.4 Å². The van der Waals surface area contributed by atoms with Crippen molar-refractivity contribution in [1.82, 2.24) is 0 Å². The van der Waals surface area contributed by atoms with Gasteiger partial charge in [-0.25, -0.2) is 0 Å². The van der Waals surface area contributed by atoms with E-state index in [1.807, 2.05) is 18.4 Å². The highest BCUT2D eigenvalue weighted by Crippen LogP contribution is 2.37. The zero-order valence-corrected chi connectivity index (χ0v) is 15.8. The molecule has 0 unspecified atom stereocenters. The summed E-state index contributed by atoms with van der Waals surface area (Å²) in [4.78, 5) is 0. The van der Waals surface area contributed by atoms with Gasteiger partial charge in [0.1, 0.15) is 0 Å². The van der Waals surface area contributed by atoms with Crippen LogP contribution in [0.5, 0.6) is 0 Å². The van der Waals surface area contributed by atoms with Gasteiger partial charge in [0, 0.05) is 0 Å². The van der Waals surface area contributed by atoms with E-state index in [-0.39, 0.29) is 0 Å². The first kappa shape index (κ1) is 19.6. The van der Waals surface area contributed by atoms with Gasteiger partial charge < -0.3 is 4.74 Å². The number of hydrogen-bond acceptors (Lipinski definition) is 2. The zero-order valence-electron chi connectivity index (χ0n) is 15.8. The third-order valence-corrected chi connectivity index (χ3v) is 5.40. The van der Waals surface area contributed by atoms with Gasteiger partial charge in [-0.05, 0) is 87.0 Å². The minimum atomic E-state index is 0.695. The van der Waals surface area contributed by atoms with Crippen LogP contribution in [-0.4, -0.2) is 6.61 Å². The van der Waals surface area contributed by atoms with E-state index in [0.717, 1.165) is 24.5 Å². The predicted octanol–water partition coefficient (Wildman–Crippen LogP) is 6.72. The number of benzene rings is 1. The Bertz CT molecular complexity index is 532. The van der Waals surface area contributed by atoms with Gasteiger partial charge >= 0.3 is 0 Å². The SMILES string of the molecule is CCCC/C=C/OCCCCC1CCC(c2ccc(C#N)cc2)CC1. The first-order chi connectivity index (χ1) is 12.3. The van der Waals surface area contributed by atoms with E-state index in [2.05, 4.69) is 31.2 Å². The van der Waals surface area contributed by atoms with Crippen LogP contribution in [0.2, 0.25) is 0 Å². The van der Waals surface area contributed by atoms with Crippen molar-refractivity contribution in [1.29, 1.82) is 5.26 Å². The van der Waals surface area contributed by atoms with Crippen molar-refractivity contribution >= 4 is 0 Å². The molecule has 0 N–H and O–H groups in total. The molecule has 25 heavy (non-hydrogen) atoms. The molecule has 0 heterocycles. The number of rotatable bonds is 10. The minimum Gasteiger partial charge on any atom is -0.502 e. The number of nitriles is 1. The molecule has 2 nitrogen and oxygen atoms in total. The molecule has 2 rings (SSSR count). The summed E-state index contributed by atoms with van der Waals surface area (Å²) in [6.07, 6.45) is 16.8. The second-order valence-corrected chi connectivity index (χ2v) is 7.33. The molecular formula is C23H33NO. The maximum atomic E-state index is 8.90. The fraction of sp³-hybridized carbons (Fsp3) is 0.609. The first-order valence-corrected chi connectivity index (χ1v) is 10.1. The molecule has 136 valence electrons. The smallest absolute Gasteiger partial charge is 0.0991 e. The molecule has 1 aromatic carbocycles. The summed E-state index contributed by atoms with van der Waals surface area (Å²) in [5, 5.41) is 8.90. The Hall–Kier alpha value is -1.75. The second-order valence-electron chi connectivity index (χ2n) is 7.33. The molecule has 1 aliphatic carbocycles. The van der Waals surface area contributed by atoms with Gasteiger partial charge in [-0.3, -0.25) is 0 Å². The summed E-state index contributed by atoms with van der Waals surface area (Å²) in [6.45, 7) is 3.08. The van der Waals surface area contributed by atoms with Crippen LogP contribution in [0.3, 0.4) is 0 Å². The van der Waals surface area contributed by atoms with E-state index >= 15 is 0 Å². The quantitative estimate of drug-likeness (QED) is 0.350. The lowest BCUT2D eigenvalue weighted by Gasteiger charge is -2.28. The molecule has 0 bridgehead atoms. The summed E-state index contributed by atoms with van der Waals surface area (Å²) in [6, 6.07) is 10.4. The Morgan fingerprint density at radius 3 is 2.52 bits per heavy atom. The third-order valence-electron chi connectivity index (χ3n) is 5.40.